The van der Waals surface area contributed by atoms with Crippen LogP contribution in [0.25, 0.3) is 0 Å². The van der Waals surface area contributed by atoms with Crippen LogP contribution in [0.5, 0.6) is 0 Å². The Kier molecular flexibility index (Phi) is 3.08. The quantitative estimate of drug-likeness (QED) is 0.848. The van der Waals surface area contributed by atoms with E-state index in [0.29, 0.717) is 17.4 Å². The summed E-state index contributed by atoms with van der Waals surface area (Å²) in [6.07, 6.45) is 4.99. The van der Waals surface area contributed by atoms with Crippen LogP contribution in [0.3, 0.4) is 0 Å². The van der Waals surface area contributed by atoms with Gasteiger partial charge in [0.05, 0.1) is 0 Å². The van der Waals surface area contributed by atoms with E-state index >= 15 is 0 Å². The van der Waals surface area contributed by atoms with E-state index < -0.39 is 0 Å². The average Bonchev–Trinajstić information content (AvgIpc) is 2.98. The number of nitrogens with one attached hydrogen (secondary N) is 1. The SMILES string of the molecule is Cc1c(Cl)[nH]c(=O)n(C(C)C2CC3CCC2C3)c1=O. The van der Waals surface area contributed by atoms with E-state index in [2.05, 4.69) is 4.98 Å². The van der Waals surface area contributed by atoms with E-state index in [0.717, 1.165) is 12.3 Å². The van der Waals surface area contributed by atoms with Crippen LogP contribution in [-0.4, -0.2) is 9.55 Å². The van der Waals surface area contributed by atoms with Gasteiger partial charge in [-0.05, 0) is 50.9 Å². The molecule has 4 nitrogen and oxygen atoms in total. The predicted molar refractivity (Wildman–Crippen MR) is 74.7 cm³/mol. The molecular weight excluding hydrogens is 264 g/mol. The molecule has 5 heteroatoms. The van der Waals surface area contributed by atoms with E-state index in [4.69, 9.17) is 11.6 Å². The summed E-state index contributed by atoms with van der Waals surface area (Å²) in [4.78, 5) is 26.9. The van der Waals surface area contributed by atoms with Gasteiger partial charge in [-0.1, -0.05) is 18.0 Å². The van der Waals surface area contributed by atoms with Crippen molar-refractivity contribution in [2.45, 2.75) is 45.6 Å². The Labute approximate surface area is 116 Å². The fourth-order valence-electron chi connectivity index (χ4n) is 4.06. The van der Waals surface area contributed by atoms with Gasteiger partial charge in [0.2, 0.25) is 0 Å². The third-order valence-corrected chi connectivity index (χ3v) is 5.50. The summed E-state index contributed by atoms with van der Waals surface area (Å²) in [5, 5.41) is 0.159. The first-order valence-electron chi connectivity index (χ1n) is 7.00. The molecule has 2 bridgehead atoms. The zero-order valence-electron chi connectivity index (χ0n) is 11.3. The zero-order valence-corrected chi connectivity index (χ0v) is 12.0. The Balaban J connectivity index is 2.01. The highest BCUT2D eigenvalue weighted by Crippen LogP contribution is 2.51. The lowest BCUT2D eigenvalue weighted by molar-refractivity contribution is 0.234. The molecule has 2 saturated carbocycles. The molecule has 2 aliphatic carbocycles. The molecule has 4 atom stereocenters. The number of fused-ring (bicyclic) bond motifs is 2. The van der Waals surface area contributed by atoms with Gasteiger partial charge in [0.1, 0.15) is 5.15 Å². The third-order valence-electron chi connectivity index (χ3n) is 5.12. The summed E-state index contributed by atoms with van der Waals surface area (Å²) in [5.41, 5.74) is -0.198. The van der Waals surface area contributed by atoms with Crippen molar-refractivity contribution in [3.8, 4) is 0 Å². The highest BCUT2D eigenvalue weighted by Gasteiger charge is 2.42. The molecule has 0 spiro atoms. The standard InChI is InChI=1S/C14H19ClN2O2/c1-7-12(15)16-14(19)17(13(7)18)8(2)11-6-9-3-4-10(11)5-9/h8-11H,3-6H2,1-2H3,(H,16,19). The van der Waals surface area contributed by atoms with Gasteiger partial charge in [-0.25, -0.2) is 4.79 Å². The smallest absolute Gasteiger partial charge is 0.297 e. The number of aromatic nitrogens is 2. The van der Waals surface area contributed by atoms with Crippen LogP contribution in [0, 0.1) is 24.7 Å². The normalized spacial score (nSPS) is 30.8. The van der Waals surface area contributed by atoms with Crippen LogP contribution in [0.4, 0.5) is 0 Å². The van der Waals surface area contributed by atoms with E-state index in [9.17, 15) is 9.59 Å². The summed E-state index contributed by atoms with van der Waals surface area (Å²) in [6.45, 7) is 3.65. The molecule has 4 unspecified atom stereocenters. The summed E-state index contributed by atoms with van der Waals surface area (Å²) in [7, 11) is 0. The van der Waals surface area contributed by atoms with Crippen molar-refractivity contribution in [3.05, 3.63) is 31.6 Å². The molecule has 1 aromatic rings. The Morgan fingerprint density at radius 2 is 2.05 bits per heavy atom. The molecule has 2 aliphatic rings. The number of rotatable bonds is 2. The summed E-state index contributed by atoms with van der Waals surface area (Å²) < 4.78 is 1.37. The molecule has 3 rings (SSSR count). The van der Waals surface area contributed by atoms with Gasteiger partial charge in [0, 0.05) is 11.6 Å². The van der Waals surface area contributed by atoms with E-state index in [-0.39, 0.29) is 22.4 Å². The number of hydrogen-bond donors (Lipinski definition) is 1. The Morgan fingerprint density at radius 3 is 2.63 bits per heavy atom. The van der Waals surface area contributed by atoms with Gasteiger partial charge in [-0.15, -0.1) is 0 Å². The third kappa shape index (κ3) is 1.97. The van der Waals surface area contributed by atoms with Crippen LogP contribution >= 0.6 is 11.6 Å². The molecule has 0 amide bonds. The van der Waals surface area contributed by atoms with Crippen molar-refractivity contribution >= 4 is 11.6 Å². The first-order chi connectivity index (χ1) is 8.99. The molecule has 2 fully saturated rings. The molecule has 1 N–H and O–H groups in total. The van der Waals surface area contributed by atoms with E-state index in [1.54, 1.807) is 6.92 Å². The first kappa shape index (κ1) is 13.0. The van der Waals surface area contributed by atoms with Crippen LogP contribution in [-0.2, 0) is 0 Å². The van der Waals surface area contributed by atoms with Crippen LogP contribution in [0.15, 0.2) is 9.59 Å². The highest BCUT2D eigenvalue weighted by atomic mass is 35.5. The topological polar surface area (TPSA) is 54.9 Å². The summed E-state index contributed by atoms with van der Waals surface area (Å²) in [5.74, 6) is 1.95. The number of hydrogen-bond acceptors (Lipinski definition) is 2. The molecule has 0 radical (unpaired) electrons. The lowest BCUT2D eigenvalue weighted by Gasteiger charge is -2.28. The molecule has 1 aromatic heterocycles. The Morgan fingerprint density at radius 1 is 1.32 bits per heavy atom. The minimum atomic E-state index is -0.379. The van der Waals surface area contributed by atoms with Gasteiger partial charge in [0.25, 0.3) is 5.56 Å². The van der Waals surface area contributed by atoms with Crippen LogP contribution < -0.4 is 11.2 Å². The Bertz CT molecular complexity index is 619. The zero-order chi connectivity index (χ0) is 13.7. The van der Waals surface area contributed by atoms with Crippen molar-refractivity contribution in [1.82, 2.24) is 9.55 Å². The van der Waals surface area contributed by atoms with Crippen LogP contribution in [0.1, 0.15) is 44.2 Å². The minimum absolute atomic E-state index is 0.0393. The fraction of sp³-hybridized carbons (Fsp3) is 0.714. The van der Waals surface area contributed by atoms with Gasteiger partial charge in [-0.3, -0.25) is 14.3 Å². The van der Waals surface area contributed by atoms with Gasteiger partial charge >= 0.3 is 5.69 Å². The van der Waals surface area contributed by atoms with Gasteiger partial charge in [0.15, 0.2) is 0 Å². The number of aromatic amines is 1. The number of nitrogens with zero attached hydrogens (tertiary/aromatic N) is 1. The molecule has 0 saturated heterocycles. The largest absolute Gasteiger partial charge is 0.329 e. The lowest BCUT2D eigenvalue weighted by Crippen LogP contribution is -2.41. The average molecular weight is 283 g/mol. The van der Waals surface area contributed by atoms with Crippen molar-refractivity contribution in [3.63, 3.8) is 0 Å². The maximum Gasteiger partial charge on any atom is 0.329 e. The second-order valence-electron chi connectivity index (χ2n) is 6.12. The molecule has 19 heavy (non-hydrogen) atoms. The first-order valence-corrected chi connectivity index (χ1v) is 7.37. The van der Waals surface area contributed by atoms with Crippen molar-refractivity contribution in [2.24, 2.45) is 17.8 Å². The van der Waals surface area contributed by atoms with E-state index in [1.165, 1.54) is 23.8 Å². The second kappa shape index (κ2) is 4.51. The maximum atomic E-state index is 12.3. The van der Waals surface area contributed by atoms with Crippen molar-refractivity contribution < 1.29 is 0 Å². The maximum absolute atomic E-state index is 12.3. The fourth-order valence-corrected chi connectivity index (χ4v) is 4.22. The van der Waals surface area contributed by atoms with E-state index in [1.807, 2.05) is 6.92 Å². The van der Waals surface area contributed by atoms with Gasteiger partial charge < -0.3 is 0 Å². The van der Waals surface area contributed by atoms with Crippen LogP contribution in [0.2, 0.25) is 5.15 Å². The second-order valence-corrected chi connectivity index (χ2v) is 6.50. The predicted octanol–water partition coefficient (Wildman–Crippen LogP) is 2.50. The Hall–Kier alpha value is -1.03. The lowest BCUT2D eigenvalue weighted by atomic mass is 9.84. The molecule has 1 heterocycles. The molecule has 104 valence electrons. The van der Waals surface area contributed by atoms with Crippen molar-refractivity contribution in [1.29, 1.82) is 0 Å². The van der Waals surface area contributed by atoms with Crippen molar-refractivity contribution in [2.75, 3.05) is 0 Å². The monoisotopic (exact) mass is 282 g/mol. The number of halogens is 1. The number of H-pyrrole nitrogens is 1. The molecule has 0 aromatic carbocycles. The summed E-state index contributed by atoms with van der Waals surface area (Å²) >= 11 is 5.85. The highest BCUT2D eigenvalue weighted by molar-refractivity contribution is 6.30. The molecular formula is C14H19ClN2O2. The van der Waals surface area contributed by atoms with Gasteiger partial charge in [-0.2, -0.15) is 0 Å². The molecule has 0 aliphatic heterocycles. The minimum Gasteiger partial charge on any atom is -0.297 e. The summed E-state index contributed by atoms with van der Waals surface area (Å²) in [6, 6.07) is -0.0393.